The van der Waals surface area contributed by atoms with E-state index in [1.807, 2.05) is 67.6 Å². The molecule has 0 aromatic heterocycles. The van der Waals surface area contributed by atoms with Gasteiger partial charge in [0.25, 0.3) is 0 Å². The summed E-state index contributed by atoms with van der Waals surface area (Å²) in [7, 11) is 0. The number of hydrogen-bond acceptors (Lipinski definition) is 2. The zero-order valence-corrected chi connectivity index (χ0v) is 16.1. The second kappa shape index (κ2) is 9.40. The highest BCUT2D eigenvalue weighted by atomic mass is 35.5. The Morgan fingerprint density at radius 1 is 0.815 bits per heavy atom. The molecule has 0 radical (unpaired) electrons. The Labute approximate surface area is 165 Å². The fourth-order valence-electron chi connectivity index (χ4n) is 3.15. The number of allylic oxidation sites excluding steroid dienone is 1. The summed E-state index contributed by atoms with van der Waals surface area (Å²) in [5.41, 5.74) is 5.50. The van der Waals surface area contributed by atoms with Crippen molar-refractivity contribution in [3.8, 4) is 5.75 Å². The molecule has 1 unspecified atom stereocenters. The molecule has 2 nitrogen and oxygen atoms in total. The highest BCUT2D eigenvalue weighted by Crippen LogP contribution is 2.36. The SMILES string of the molecule is CC(Cl)/C(=C(\c1ccccc1)c1ccc(OCCO)cc1)c1ccccc1. The summed E-state index contributed by atoms with van der Waals surface area (Å²) >= 11 is 6.66. The van der Waals surface area contributed by atoms with E-state index in [4.69, 9.17) is 21.4 Å². The topological polar surface area (TPSA) is 29.5 Å². The minimum Gasteiger partial charge on any atom is -0.491 e. The molecule has 0 aliphatic rings. The molecule has 0 aliphatic carbocycles. The first kappa shape index (κ1) is 19.2. The van der Waals surface area contributed by atoms with Gasteiger partial charge in [0.05, 0.1) is 12.0 Å². The number of benzene rings is 3. The monoisotopic (exact) mass is 378 g/mol. The number of halogens is 1. The summed E-state index contributed by atoms with van der Waals surface area (Å²) in [4.78, 5) is 0. The van der Waals surface area contributed by atoms with Crippen LogP contribution in [0.15, 0.2) is 84.9 Å². The Balaban J connectivity index is 2.17. The largest absolute Gasteiger partial charge is 0.491 e. The van der Waals surface area contributed by atoms with Crippen molar-refractivity contribution in [1.82, 2.24) is 0 Å². The molecule has 3 heteroatoms. The number of rotatable bonds is 7. The van der Waals surface area contributed by atoms with Crippen LogP contribution < -0.4 is 4.74 Å². The maximum atomic E-state index is 8.93. The van der Waals surface area contributed by atoms with Gasteiger partial charge in [-0.15, -0.1) is 11.6 Å². The minimum atomic E-state index is -0.159. The van der Waals surface area contributed by atoms with E-state index in [1.54, 1.807) is 0 Å². The Kier molecular flexibility index (Phi) is 6.69. The third-order valence-corrected chi connectivity index (χ3v) is 4.54. The van der Waals surface area contributed by atoms with E-state index < -0.39 is 0 Å². The first-order valence-electron chi connectivity index (χ1n) is 9.04. The van der Waals surface area contributed by atoms with Crippen LogP contribution >= 0.6 is 11.6 Å². The van der Waals surface area contributed by atoms with Gasteiger partial charge >= 0.3 is 0 Å². The number of hydrogen-bond donors (Lipinski definition) is 1. The van der Waals surface area contributed by atoms with Crippen LogP contribution in [0.25, 0.3) is 11.1 Å². The molecule has 0 amide bonds. The molecule has 0 fully saturated rings. The maximum absolute atomic E-state index is 8.93. The zero-order chi connectivity index (χ0) is 19.1. The first-order chi connectivity index (χ1) is 13.2. The molecular weight excluding hydrogens is 356 g/mol. The van der Waals surface area contributed by atoms with Gasteiger partial charge in [-0.05, 0) is 46.9 Å². The van der Waals surface area contributed by atoms with Gasteiger partial charge in [0.2, 0.25) is 0 Å². The van der Waals surface area contributed by atoms with E-state index in [0.717, 1.165) is 33.6 Å². The smallest absolute Gasteiger partial charge is 0.119 e. The fourth-order valence-corrected chi connectivity index (χ4v) is 3.39. The van der Waals surface area contributed by atoms with Crippen molar-refractivity contribution in [3.05, 3.63) is 102 Å². The van der Waals surface area contributed by atoms with Crippen molar-refractivity contribution in [2.75, 3.05) is 13.2 Å². The summed E-state index contributed by atoms with van der Waals surface area (Å²) in [5, 5.41) is 8.77. The lowest BCUT2D eigenvalue weighted by atomic mass is 9.88. The van der Waals surface area contributed by atoms with Crippen LogP contribution in [0.1, 0.15) is 23.6 Å². The normalized spacial score (nSPS) is 13.0. The van der Waals surface area contributed by atoms with Gasteiger partial charge in [-0.25, -0.2) is 0 Å². The molecular formula is C24H23ClO2. The van der Waals surface area contributed by atoms with Crippen LogP contribution in [0.4, 0.5) is 0 Å². The van der Waals surface area contributed by atoms with Crippen LogP contribution in [0, 0.1) is 0 Å². The predicted octanol–water partition coefficient (Wildman–Crippen LogP) is 5.64. The van der Waals surface area contributed by atoms with Crippen molar-refractivity contribution in [2.45, 2.75) is 12.3 Å². The van der Waals surface area contributed by atoms with E-state index in [9.17, 15) is 0 Å². The standard InChI is InChI=1S/C24H23ClO2/c1-18(25)23(19-8-4-2-5-9-19)24(20-10-6-3-7-11-20)21-12-14-22(15-13-21)27-17-16-26/h2-15,18,26H,16-17H2,1H3/b24-23-. The van der Waals surface area contributed by atoms with E-state index in [0.29, 0.717) is 0 Å². The van der Waals surface area contributed by atoms with Crippen LogP contribution in [0.5, 0.6) is 5.75 Å². The molecule has 0 heterocycles. The van der Waals surface area contributed by atoms with Crippen molar-refractivity contribution in [1.29, 1.82) is 0 Å². The van der Waals surface area contributed by atoms with E-state index in [1.165, 1.54) is 0 Å². The van der Waals surface area contributed by atoms with Crippen molar-refractivity contribution >= 4 is 22.7 Å². The second-order valence-corrected chi connectivity index (χ2v) is 6.89. The second-order valence-electron chi connectivity index (χ2n) is 6.23. The first-order valence-corrected chi connectivity index (χ1v) is 9.47. The third kappa shape index (κ3) is 4.79. The van der Waals surface area contributed by atoms with Gasteiger partial charge in [0.1, 0.15) is 12.4 Å². The van der Waals surface area contributed by atoms with E-state index >= 15 is 0 Å². The molecule has 0 saturated heterocycles. The molecule has 27 heavy (non-hydrogen) atoms. The Morgan fingerprint density at radius 2 is 1.33 bits per heavy atom. The lowest BCUT2D eigenvalue weighted by molar-refractivity contribution is 0.201. The summed E-state index contributed by atoms with van der Waals surface area (Å²) < 4.78 is 5.50. The van der Waals surface area contributed by atoms with Gasteiger partial charge in [-0.1, -0.05) is 72.8 Å². The summed E-state index contributed by atoms with van der Waals surface area (Å²) in [6.45, 7) is 2.29. The highest BCUT2D eigenvalue weighted by Gasteiger charge is 2.18. The Morgan fingerprint density at radius 3 is 1.85 bits per heavy atom. The molecule has 138 valence electrons. The average molecular weight is 379 g/mol. The van der Waals surface area contributed by atoms with Gasteiger partial charge in [-0.2, -0.15) is 0 Å². The van der Waals surface area contributed by atoms with Crippen LogP contribution in [-0.2, 0) is 0 Å². The molecule has 3 aromatic carbocycles. The zero-order valence-electron chi connectivity index (χ0n) is 15.3. The predicted molar refractivity (Wildman–Crippen MR) is 113 cm³/mol. The highest BCUT2D eigenvalue weighted by molar-refractivity contribution is 6.28. The summed E-state index contributed by atoms with van der Waals surface area (Å²) in [6.07, 6.45) is 0. The molecule has 0 bridgehead atoms. The van der Waals surface area contributed by atoms with Crippen LogP contribution in [0.3, 0.4) is 0 Å². The number of aliphatic hydroxyl groups excluding tert-OH is 1. The molecule has 1 atom stereocenters. The maximum Gasteiger partial charge on any atom is 0.119 e. The quantitative estimate of drug-likeness (QED) is 0.425. The van der Waals surface area contributed by atoms with Crippen molar-refractivity contribution in [3.63, 3.8) is 0 Å². The fraction of sp³-hybridized carbons (Fsp3) is 0.167. The third-order valence-electron chi connectivity index (χ3n) is 4.32. The molecule has 1 N–H and O–H groups in total. The van der Waals surface area contributed by atoms with Gasteiger partial charge < -0.3 is 9.84 Å². The molecule has 3 rings (SSSR count). The number of alkyl halides is 1. The van der Waals surface area contributed by atoms with Crippen LogP contribution in [-0.4, -0.2) is 23.7 Å². The number of ether oxygens (including phenoxy) is 1. The van der Waals surface area contributed by atoms with Gasteiger partial charge in [0.15, 0.2) is 0 Å². The molecule has 0 saturated carbocycles. The average Bonchev–Trinajstić information content (AvgIpc) is 2.72. The molecule has 0 spiro atoms. The lowest BCUT2D eigenvalue weighted by Gasteiger charge is -2.19. The molecule has 3 aromatic rings. The van der Waals surface area contributed by atoms with Crippen molar-refractivity contribution < 1.29 is 9.84 Å². The van der Waals surface area contributed by atoms with E-state index in [-0.39, 0.29) is 18.6 Å². The molecule has 0 aliphatic heterocycles. The Bertz CT molecular complexity index is 869. The summed E-state index contributed by atoms with van der Waals surface area (Å²) in [5.74, 6) is 0.736. The number of aliphatic hydroxyl groups is 1. The minimum absolute atomic E-state index is 0.00115. The van der Waals surface area contributed by atoms with E-state index in [2.05, 4.69) is 24.3 Å². The lowest BCUT2D eigenvalue weighted by Crippen LogP contribution is -2.04. The van der Waals surface area contributed by atoms with Crippen molar-refractivity contribution in [2.24, 2.45) is 0 Å². The van der Waals surface area contributed by atoms with Gasteiger partial charge in [0, 0.05) is 0 Å². The van der Waals surface area contributed by atoms with Gasteiger partial charge in [-0.3, -0.25) is 0 Å². The van der Waals surface area contributed by atoms with Crippen LogP contribution in [0.2, 0.25) is 0 Å². The summed E-state index contributed by atoms with van der Waals surface area (Å²) in [6, 6.07) is 28.5. The Hall–Kier alpha value is -2.55.